The SMILES string of the molecule is CC(=O)N1CCN(C(=O)Cc2cocn2)CC1. The van der Waals surface area contributed by atoms with Crippen LogP contribution in [-0.2, 0) is 16.0 Å². The molecular weight excluding hydrogens is 222 g/mol. The summed E-state index contributed by atoms with van der Waals surface area (Å²) in [4.78, 5) is 30.4. The molecule has 0 aliphatic carbocycles. The summed E-state index contributed by atoms with van der Waals surface area (Å²) in [6.45, 7) is 3.96. The first-order valence-electron chi connectivity index (χ1n) is 5.57. The van der Waals surface area contributed by atoms with Crippen LogP contribution in [0.3, 0.4) is 0 Å². The van der Waals surface area contributed by atoms with Gasteiger partial charge in [-0.15, -0.1) is 0 Å². The van der Waals surface area contributed by atoms with Gasteiger partial charge < -0.3 is 14.2 Å². The third kappa shape index (κ3) is 2.83. The maximum absolute atomic E-state index is 11.9. The molecule has 0 saturated carbocycles. The molecule has 1 aromatic rings. The Morgan fingerprint density at radius 1 is 1.29 bits per heavy atom. The second-order valence-corrected chi connectivity index (χ2v) is 4.04. The molecule has 1 aliphatic heterocycles. The number of piperazine rings is 1. The standard InChI is InChI=1S/C11H15N3O3/c1-9(15)13-2-4-14(5-3-13)11(16)6-10-7-17-8-12-10/h7-8H,2-6H2,1H3. The summed E-state index contributed by atoms with van der Waals surface area (Å²) in [7, 11) is 0. The van der Waals surface area contributed by atoms with Gasteiger partial charge in [-0.05, 0) is 0 Å². The molecule has 1 saturated heterocycles. The number of hydrogen-bond donors (Lipinski definition) is 0. The highest BCUT2D eigenvalue weighted by Gasteiger charge is 2.22. The van der Waals surface area contributed by atoms with E-state index in [2.05, 4.69) is 4.98 Å². The number of aromatic nitrogens is 1. The molecule has 1 fully saturated rings. The molecular formula is C11H15N3O3. The van der Waals surface area contributed by atoms with Crippen LogP contribution >= 0.6 is 0 Å². The van der Waals surface area contributed by atoms with Crippen molar-refractivity contribution >= 4 is 11.8 Å². The zero-order valence-corrected chi connectivity index (χ0v) is 9.76. The summed E-state index contributed by atoms with van der Waals surface area (Å²) in [5.74, 6) is 0.0932. The first-order valence-corrected chi connectivity index (χ1v) is 5.57. The number of amides is 2. The van der Waals surface area contributed by atoms with Gasteiger partial charge >= 0.3 is 0 Å². The van der Waals surface area contributed by atoms with E-state index >= 15 is 0 Å². The van der Waals surface area contributed by atoms with Gasteiger partial charge in [-0.2, -0.15) is 0 Å². The van der Waals surface area contributed by atoms with Gasteiger partial charge in [0.15, 0.2) is 6.39 Å². The van der Waals surface area contributed by atoms with Gasteiger partial charge in [-0.25, -0.2) is 4.98 Å². The van der Waals surface area contributed by atoms with E-state index in [1.807, 2.05) is 0 Å². The van der Waals surface area contributed by atoms with E-state index in [1.54, 1.807) is 16.7 Å². The Hall–Kier alpha value is -1.85. The van der Waals surface area contributed by atoms with Crippen LogP contribution in [0.25, 0.3) is 0 Å². The van der Waals surface area contributed by atoms with Crippen molar-refractivity contribution in [2.75, 3.05) is 26.2 Å². The first kappa shape index (κ1) is 11.6. The molecule has 2 heterocycles. The molecule has 0 radical (unpaired) electrons. The second-order valence-electron chi connectivity index (χ2n) is 4.04. The fraction of sp³-hybridized carbons (Fsp3) is 0.545. The Morgan fingerprint density at radius 3 is 2.47 bits per heavy atom. The molecule has 17 heavy (non-hydrogen) atoms. The lowest BCUT2D eigenvalue weighted by molar-refractivity contribution is -0.138. The maximum atomic E-state index is 11.9. The molecule has 0 unspecified atom stereocenters. The molecule has 0 spiro atoms. The monoisotopic (exact) mass is 237 g/mol. The summed E-state index contributed by atoms with van der Waals surface area (Å²) in [6, 6.07) is 0. The van der Waals surface area contributed by atoms with Crippen LogP contribution in [0.1, 0.15) is 12.6 Å². The van der Waals surface area contributed by atoms with E-state index in [9.17, 15) is 9.59 Å². The van der Waals surface area contributed by atoms with Crippen LogP contribution < -0.4 is 0 Å². The number of oxazole rings is 1. The van der Waals surface area contributed by atoms with E-state index in [4.69, 9.17) is 4.42 Å². The Bertz CT molecular complexity index is 394. The van der Waals surface area contributed by atoms with Crippen molar-refractivity contribution in [1.29, 1.82) is 0 Å². The second kappa shape index (κ2) is 4.99. The van der Waals surface area contributed by atoms with Gasteiger partial charge in [-0.3, -0.25) is 9.59 Å². The van der Waals surface area contributed by atoms with E-state index < -0.39 is 0 Å². The van der Waals surface area contributed by atoms with Crippen LogP contribution in [0, 0.1) is 0 Å². The topological polar surface area (TPSA) is 66.7 Å². The van der Waals surface area contributed by atoms with Crippen molar-refractivity contribution in [1.82, 2.24) is 14.8 Å². The van der Waals surface area contributed by atoms with Crippen molar-refractivity contribution in [3.8, 4) is 0 Å². The van der Waals surface area contributed by atoms with E-state index in [0.29, 0.717) is 31.9 Å². The number of nitrogens with zero attached hydrogens (tertiary/aromatic N) is 3. The minimum atomic E-state index is 0.0297. The van der Waals surface area contributed by atoms with Gasteiger partial charge in [0.1, 0.15) is 6.26 Å². The molecule has 6 nitrogen and oxygen atoms in total. The van der Waals surface area contributed by atoms with Gasteiger partial charge in [0.25, 0.3) is 0 Å². The Morgan fingerprint density at radius 2 is 1.94 bits per heavy atom. The zero-order chi connectivity index (χ0) is 12.3. The molecule has 0 atom stereocenters. The predicted octanol–water partition coefficient (Wildman–Crippen LogP) is -0.0922. The molecule has 0 bridgehead atoms. The van der Waals surface area contributed by atoms with Crippen LogP contribution in [0.2, 0.25) is 0 Å². The fourth-order valence-electron chi connectivity index (χ4n) is 1.86. The molecule has 2 rings (SSSR count). The number of carbonyl (C=O) groups is 2. The molecule has 92 valence electrons. The van der Waals surface area contributed by atoms with E-state index in [0.717, 1.165) is 0 Å². The molecule has 1 aromatic heterocycles. The average molecular weight is 237 g/mol. The quantitative estimate of drug-likeness (QED) is 0.721. The summed E-state index contributed by atoms with van der Waals surface area (Å²) in [5.41, 5.74) is 0.643. The Labute approximate surface area is 99.2 Å². The van der Waals surface area contributed by atoms with Crippen molar-refractivity contribution in [2.24, 2.45) is 0 Å². The average Bonchev–Trinajstić information content (AvgIpc) is 2.82. The smallest absolute Gasteiger partial charge is 0.228 e. The molecule has 1 aliphatic rings. The van der Waals surface area contributed by atoms with Crippen molar-refractivity contribution < 1.29 is 14.0 Å². The van der Waals surface area contributed by atoms with Gasteiger partial charge in [0.2, 0.25) is 11.8 Å². The molecule has 0 N–H and O–H groups in total. The summed E-state index contributed by atoms with van der Waals surface area (Å²) in [5, 5.41) is 0. The fourth-order valence-corrected chi connectivity index (χ4v) is 1.86. The number of rotatable bonds is 2. The summed E-state index contributed by atoms with van der Waals surface area (Å²) in [6.07, 6.45) is 3.05. The highest BCUT2D eigenvalue weighted by atomic mass is 16.3. The van der Waals surface area contributed by atoms with Gasteiger partial charge in [-0.1, -0.05) is 0 Å². The normalized spacial score (nSPS) is 16.1. The highest BCUT2D eigenvalue weighted by molar-refractivity contribution is 5.79. The van der Waals surface area contributed by atoms with Crippen molar-refractivity contribution in [3.05, 3.63) is 18.4 Å². The molecule has 6 heteroatoms. The Kier molecular flexibility index (Phi) is 3.41. The maximum Gasteiger partial charge on any atom is 0.228 e. The van der Waals surface area contributed by atoms with Gasteiger partial charge in [0, 0.05) is 33.1 Å². The number of carbonyl (C=O) groups excluding carboxylic acids is 2. The molecule has 0 aromatic carbocycles. The largest absolute Gasteiger partial charge is 0.451 e. The summed E-state index contributed by atoms with van der Waals surface area (Å²) < 4.78 is 4.82. The minimum absolute atomic E-state index is 0.0297. The van der Waals surface area contributed by atoms with Crippen LogP contribution in [0.15, 0.2) is 17.1 Å². The lowest BCUT2D eigenvalue weighted by atomic mass is 10.2. The van der Waals surface area contributed by atoms with Crippen LogP contribution in [-0.4, -0.2) is 52.8 Å². The first-order chi connectivity index (χ1) is 8.16. The van der Waals surface area contributed by atoms with Crippen molar-refractivity contribution in [2.45, 2.75) is 13.3 Å². The predicted molar refractivity (Wildman–Crippen MR) is 59.0 cm³/mol. The lowest BCUT2D eigenvalue weighted by Gasteiger charge is -2.34. The van der Waals surface area contributed by atoms with Gasteiger partial charge in [0.05, 0.1) is 12.1 Å². The third-order valence-electron chi connectivity index (χ3n) is 2.89. The van der Waals surface area contributed by atoms with Crippen LogP contribution in [0.5, 0.6) is 0 Å². The molecule has 2 amide bonds. The lowest BCUT2D eigenvalue weighted by Crippen LogP contribution is -2.50. The highest BCUT2D eigenvalue weighted by Crippen LogP contribution is 2.05. The number of hydrogen-bond acceptors (Lipinski definition) is 4. The Balaban J connectivity index is 1.84. The van der Waals surface area contributed by atoms with Crippen molar-refractivity contribution in [3.63, 3.8) is 0 Å². The van der Waals surface area contributed by atoms with Crippen LogP contribution in [0.4, 0.5) is 0 Å². The minimum Gasteiger partial charge on any atom is -0.451 e. The van der Waals surface area contributed by atoms with E-state index in [1.165, 1.54) is 12.7 Å². The summed E-state index contributed by atoms with van der Waals surface area (Å²) >= 11 is 0. The van der Waals surface area contributed by atoms with E-state index in [-0.39, 0.29) is 18.2 Å². The third-order valence-corrected chi connectivity index (χ3v) is 2.89. The zero-order valence-electron chi connectivity index (χ0n) is 9.76.